The molecule has 0 saturated carbocycles. The highest BCUT2D eigenvalue weighted by Gasteiger charge is 2.16. The quantitative estimate of drug-likeness (QED) is 0.861. The lowest BCUT2D eigenvalue weighted by Gasteiger charge is -2.12. The monoisotopic (exact) mass is 390 g/mol. The van der Waals surface area contributed by atoms with Crippen LogP contribution < -0.4 is 10.1 Å². The van der Waals surface area contributed by atoms with Crippen LogP contribution in [-0.2, 0) is 6.61 Å². The van der Waals surface area contributed by atoms with Crippen LogP contribution in [0.3, 0.4) is 0 Å². The highest BCUT2D eigenvalue weighted by molar-refractivity contribution is 9.10. The topological polar surface area (TPSA) is 50.7 Å². The van der Waals surface area contributed by atoms with E-state index in [9.17, 15) is 4.79 Å². The molecule has 118 valence electrons. The van der Waals surface area contributed by atoms with Crippen molar-refractivity contribution in [2.75, 3.05) is 12.3 Å². The molecule has 0 fully saturated rings. The number of nitrogens with zero attached hydrogens (tertiary/aromatic N) is 1. The molecule has 0 aliphatic carbocycles. The molecule has 0 spiro atoms. The molecule has 2 aromatic rings. The number of ether oxygens (including phenoxy) is 1. The number of para-hydroxylation sites is 1. The second kappa shape index (κ2) is 7.66. The molecular weight excluding hydrogens is 376 g/mol. The Balaban J connectivity index is 1.72. The molecule has 3 rings (SSSR count). The minimum atomic E-state index is -0.194. The van der Waals surface area contributed by atoms with Crippen molar-refractivity contribution < 1.29 is 9.53 Å². The Labute approximate surface area is 147 Å². The van der Waals surface area contributed by atoms with Crippen molar-refractivity contribution >= 4 is 38.8 Å². The van der Waals surface area contributed by atoms with Crippen molar-refractivity contribution in [3.63, 3.8) is 0 Å². The average molecular weight is 391 g/mol. The molecule has 1 amide bonds. The Morgan fingerprint density at radius 2 is 2.00 bits per heavy atom. The normalized spacial score (nSPS) is 13.5. The number of aliphatic imine (C=N–C) groups is 1. The summed E-state index contributed by atoms with van der Waals surface area (Å²) in [6.45, 7) is 1.14. The predicted molar refractivity (Wildman–Crippen MR) is 97.1 cm³/mol. The van der Waals surface area contributed by atoms with Gasteiger partial charge in [0, 0.05) is 15.8 Å². The second-order valence-electron chi connectivity index (χ2n) is 4.87. The van der Waals surface area contributed by atoms with Gasteiger partial charge in [-0.25, -0.2) is 0 Å². The van der Waals surface area contributed by atoms with E-state index in [1.807, 2.05) is 36.4 Å². The van der Waals surface area contributed by atoms with E-state index in [1.54, 1.807) is 23.9 Å². The number of carbonyl (C=O) groups excluding carboxylic acids is 1. The van der Waals surface area contributed by atoms with Crippen LogP contribution in [0, 0.1) is 0 Å². The van der Waals surface area contributed by atoms with Gasteiger partial charge in [0.25, 0.3) is 5.91 Å². The van der Waals surface area contributed by atoms with Crippen molar-refractivity contribution in [2.45, 2.75) is 6.61 Å². The Bertz CT molecular complexity index is 749. The first-order valence-corrected chi connectivity index (χ1v) is 8.96. The van der Waals surface area contributed by atoms with Crippen molar-refractivity contribution in [3.8, 4) is 5.75 Å². The summed E-state index contributed by atoms with van der Waals surface area (Å²) in [5.74, 6) is 1.28. The number of carbonyl (C=O) groups is 1. The van der Waals surface area contributed by atoms with E-state index in [2.05, 4.69) is 26.2 Å². The van der Waals surface area contributed by atoms with Gasteiger partial charge in [0.05, 0.1) is 12.1 Å². The lowest BCUT2D eigenvalue weighted by molar-refractivity contribution is 0.0973. The molecule has 23 heavy (non-hydrogen) atoms. The summed E-state index contributed by atoms with van der Waals surface area (Å²) in [6, 6.07) is 15.1. The number of nitrogens with one attached hydrogen (secondary N) is 1. The average Bonchev–Trinajstić information content (AvgIpc) is 3.07. The molecule has 0 unspecified atom stereocenters. The molecule has 0 atom stereocenters. The standard InChI is InChI=1S/C17H15BrN2O2S/c18-14-7-3-1-5-12(14)11-22-15-8-4-2-6-13(15)16(21)20-17-19-9-10-23-17/h1-8H,9-11H2,(H,19,20,21). The summed E-state index contributed by atoms with van der Waals surface area (Å²) in [6.07, 6.45) is 0. The summed E-state index contributed by atoms with van der Waals surface area (Å²) in [5.41, 5.74) is 1.54. The third-order valence-corrected chi connectivity index (χ3v) is 4.94. The number of hydrogen-bond acceptors (Lipinski definition) is 4. The van der Waals surface area contributed by atoms with E-state index in [0.29, 0.717) is 23.1 Å². The molecule has 0 bridgehead atoms. The maximum Gasteiger partial charge on any atom is 0.260 e. The number of thioether (sulfide) groups is 1. The Morgan fingerprint density at radius 1 is 1.22 bits per heavy atom. The van der Waals surface area contributed by atoms with Gasteiger partial charge in [-0.05, 0) is 18.2 Å². The number of amidine groups is 1. The Hall–Kier alpha value is -1.79. The summed E-state index contributed by atoms with van der Waals surface area (Å²) in [5, 5.41) is 3.51. The van der Waals surface area contributed by atoms with E-state index in [0.717, 1.165) is 22.3 Å². The largest absolute Gasteiger partial charge is 0.488 e. The van der Waals surface area contributed by atoms with E-state index in [4.69, 9.17) is 4.74 Å². The minimum Gasteiger partial charge on any atom is -0.488 e. The van der Waals surface area contributed by atoms with Crippen molar-refractivity contribution in [1.29, 1.82) is 0 Å². The Morgan fingerprint density at radius 3 is 2.78 bits per heavy atom. The van der Waals surface area contributed by atoms with Crippen LogP contribution in [0.4, 0.5) is 0 Å². The van der Waals surface area contributed by atoms with Crippen molar-refractivity contribution in [2.24, 2.45) is 4.99 Å². The van der Waals surface area contributed by atoms with Gasteiger partial charge in [-0.3, -0.25) is 9.79 Å². The summed E-state index contributed by atoms with van der Waals surface area (Å²) in [4.78, 5) is 16.6. The van der Waals surface area contributed by atoms with Crippen LogP contribution >= 0.6 is 27.7 Å². The molecule has 4 nitrogen and oxygen atoms in total. The first-order chi connectivity index (χ1) is 11.2. The lowest BCUT2D eigenvalue weighted by atomic mass is 10.2. The molecule has 1 heterocycles. The SMILES string of the molecule is O=C(NC1=NCCS1)c1ccccc1OCc1ccccc1Br. The summed E-state index contributed by atoms with van der Waals surface area (Å²) in [7, 11) is 0. The fourth-order valence-electron chi connectivity index (χ4n) is 2.13. The molecule has 1 aliphatic heterocycles. The van der Waals surface area contributed by atoms with E-state index in [1.165, 1.54) is 0 Å². The third-order valence-electron chi connectivity index (χ3n) is 3.28. The van der Waals surface area contributed by atoms with Crippen LogP contribution in [0.1, 0.15) is 15.9 Å². The van der Waals surface area contributed by atoms with Gasteiger partial charge in [-0.15, -0.1) is 0 Å². The molecule has 2 aromatic carbocycles. The molecule has 0 saturated heterocycles. The number of amides is 1. The number of benzene rings is 2. The van der Waals surface area contributed by atoms with E-state index in [-0.39, 0.29) is 5.91 Å². The number of halogens is 1. The van der Waals surface area contributed by atoms with E-state index >= 15 is 0 Å². The molecular formula is C17H15BrN2O2S. The Kier molecular flexibility index (Phi) is 5.35. The smallest absolute Gasteiger partial charge is 0.260 e. The highest BCUT2D eigenvalue weighted by Crippen LogP contribution is 2.22. The zero-order valence-electron chi connectivity index (χ0n) is 12.3. The van der Waals surface area contributed by atoms with Crippen LogP contribution in [0.2, 0.25) is 0 Å². The molecule has 6 heteroatoms. The van der Waals surface area contributed by atoms with Crippen LogP contribution in [0.15, 0.2) is 58.0 Å². The molecule has 1 aliphatic rings. The molecule has 0 aromatic heterocycles. The zero-order valence-corrected chi connectivity index (χ0v) is 14.7. The van der Waals surface area contributed by atoms with Gasteiger partial charge in [0.2, 0.25) is 0 Å². The summed E-state index contributed by atoms with van der Waals surface area (Å²) >= 11 is 5.05. The molecule has 1 N–H and O–H groups in total. The van der Waals surface area contributed by atoms with Crippen LogP contribution in [0.5, 0.6) is 5.75 Å². The van der Waals surface area contributed by atoms with Crippen LogP contribution in [-0.4, -0.2) is 23.4 Å². The second-order valence-corrected chi connectivity index (χ2v) is 6.80. The maximum atomic E-state index is 12.4. The van der Waals surface area contributed by atoms with Crippen LogP contribution in [0.25, 0.3) is 0 Å². The van der Waals surface area contributed by atoms with Gasteiger partial charge >= 0.3 is 0 Å². The van der Waals surface area contributed by atoms with Gasteiger partial charge in [-0.1, -0.05) is 58.0 Å². The maximum absolute atomic E-state index is 12.4. The first-order valence-electron chi connectivity index (χ1n) is 7.18. The molecule has 0 radical (unpaired) electrons. The first kappa shape index (κ1) is 16.1. The zero-order chi connectivity index (χ0) is 16.1. The lowest BCUT2D eigenvalue weighted by Crippen LogP contribution is -2.27. The van der Waals surface area contributed by atoms with Gasteiger partial charge in [0.15, 0.2) is 5.17 Å². The number of hydrogen-bond donors (Lipinski definition) is 1. The van der Waals surface area contributed by atoms with Gasteiger partial charge in [0.1, 0.15) is 12.4 Å². The predicted octanol–water partition coefficient (Wildman–Crippen LogP) is 3.86. The van der Waals surface area contributed by atoms with Crippen molar-refractivity contribution in [3.05, 3.63) is 64.1 Å². The minimum absolute atomic E-state index is 0.194. The van der Waals surface area contributed by atoms with E-state index < -0.39 is 0 Å². The third kappa shape index (κ3) is 4.14. The van der Waals surface area contributed by atoms with Crippen molar-refractivity contribution in [1.82, 2.24) is 5.32 Å². The fourth-order valence-corrected chi connectivity index (χ4v) is 3.25. The number of rotatable bonds is 4. The van der Waals surface area contributed by atoms with Gasteiger partial charge in [-0.2, -0.15) is 0 Å². The highest BCUT2D eigenvalue weighted by atomic mass is 79.9. The fraction of sp³-hybridized carbons (Fsp3) is 0.176. The van der Waals surface area contributed by atoms with Gasteiger partial charge < -0.3 is 10.1 Å². The summed E-state index contributed by atoms with van der Waals surface area (Å²) < 4.78 is 6.84.